The molecule has 0 bridgehead atoms. The summed E-state index contributed by atoms with van der Waals surface area (Å²) in [4.78, 5) is 33.8. The van der Waals surface area contributed by atoms with Crippen LogP contribution in [-0.4, -0.2) is 48.3 Å². The highest BCUT2D eigenvalue weighted by atomic mass is 16.6. The lowest BCUT2D eigenvalue weighted by Crippen LogP contribution is -2.39. The SMILES string of the molecule is CCCCCCCCC(=O)OCC(O)COC(=O)[C@@H](C)NC(C)=O. The van der Waals surface area contributed by atoms with Crippen LogP contribution in [0.4, 0.5) is 0 Å². The summed E-state index contributed by atoms with van der Waals surface area (Å²) in [6.07, 6.45) is 5.74. The maximum atomic E-state index is 11.5. The third kappa shape index (κ3) is 12.9. The van der Waals surface area contributed by atoms with Crippen LogP contribution in [0.5, 0.6) is 0 Å². The fourth-order valence-corrected chi connectivity index (χ4v) is 2.03. The first-order valence-corrected chi connectivity index (χ1v) is 8.64. The number of hydrogen-bond acceptors (Lipinski definition) is 6. The summed E-state index contributed by atoms with van der Waals surface area (Å²) in [7, 11) is 0. The van der Waals surface area contributed by atoms with E-state index in [0.29, 0.717) is 6.42 Å². The van der Waals surface area contributed by atoms with Gasteiger partial charge in [0.15, 0.2) is 0 Å². The maximum Gasteiger partial charge on any atom is 0.328 e. The number of hydrogen-bond donors (Lipinski definition) is 2. The van der Waals surface area contributed by atoms with Gasteiger partial charge in [0.05, 0.1) is 0 Å². The number of aliphatic hydroxyl groups is 1. The highest BCUT2D eigenvalue weighted by molar-refractivity contribution is 5.82. The number of ether oxygens (including phenoxy) is 2. The zero-order valence-corrected chi connectivity index (χ0v) is 15.0. The van der Waals surface area contributed by atoms with Crippen molar-refractivity contribution in [2.75, 3.05) is 13.2 Å². The van der Waals surface area contributed by atoms with E-state index in [2.05, 4.69) is 12.2 Å². The zero-order chi connectivity index (χ0) is 18.4. The number of carbonyl (C=O) groups excluding carboxylic acids is 3. The Bertz CT molecular complexity index is 385. The Morgan fingerprint density at radius 1 is 1.00 bits per heavy atom. The first-order valence-electron chi connectivity index (χ1n) is 8.64. The van der Waals surface area contributed by atoms with Gasteiger partial charge in [-0.3, -0.25) is 9.59 Å². The van der Waals surface area contributed by atoms with Crippen LogP contribution in [0.2, 0.25) is 0 Å². The molecule has 2 N–H and O–H groups in total. The second kappa shape index (κ2) is 13.8. The van der Waals surface area contributed by atoms with Crippen molar-refractivity contribution in [2.24, 2.45) is 0 Å². The minimum atomic E-state index is -1.08. The van der Waals surface area contributed by atoms with Gasteiger partial charge in [-0.25, -0.2) is 4.79 Å². The van der Waals surface area contributed by atoms with Gasteiger partial charge in [-0.1, -0.05) is 39.0 Å². The third-order valence-electron chi connectivity index (χ3n) is 3.36. The molecule has 0 radical (unpaired) electrons. The lowest BCUT2D eigenvalue weighted by atomic mass is 10.1. The van der Waals surface area contributed by atoms with Gasteiger partial charge in [0, 0.05) is 13.3 Å². The molecule has 0 aromatic carbocycles. The molecule has 7 heteroatoms. The molecule has 140 valence electrons. The monoisotopic (exact) mass is 345 g/mol. The summed E-state index contributed by atoms with van der Waals surface area (Å²) in [5.41, 5.74) is 0. The second-order valence-electron chi connectivity index (χ2n) is 5.91. The second-order valence-corrected chi connectivity index (χ2v) is 5.91. The van der Waals surface area contributed by atoms with Crippen molar-refractivity contribution >= 4 is 17.8 Å². The van der Waals surface area contributed by atoms with E-state index in [1.807, 2.05) is 0 Å². The molecular weight excluding hydrogens is 314 g/mol. The van der Waals surface area contributed by atoms with E-state index in [-0.39, 0.29) is 25.1 Å². The molecule has 0 aliphatic carbocycles. The van der Waals surface area contributed by atoms with Gasteiger partial charge in [-0.15, -0.1) is 0 Å². The standard InChI is InChI=1S/C17H31NO6/c1-4-5-6-7-8-9-10-16(21)23-11-15(20)12-24-17(22)13(2)18-14(3)19/h13,15,20H,4-12H2,1-3H3,(H,18,19)/t13-,15?/m1/s1. The topological polar surface area (TPSA) is 102 Å². The molecule has 0 heterocycles. The average molecular weight is 345 g/mol. The minimum Gasteiger partial charge on any atom is -0.463 e. The molecule has 2 atom stereocenters. The molecule has 0 rings (SSSR count). The highest BCUT2D eigenvalue weighted by Gasteiger charge is 2.17. The molecule has 0 fully saturated rings. The molecule has 0 aliphatic rings. The van der Waals surface area contributed by atoms with Crippen molar-refractivity contribution in [3.8, 4) is 0 Å². The molecule has 0 saturated carbocycles. The van der Waals surface area contributed by atoms with Crippen molar-refractivity contribution in [1.29, 1.82) is 0 Å². The summed E-state index contributed by atoms with van der Waals surface area (Å²) in [5.74, 6) is -1.35. The molecule has 24 heavy (non-hydrogen) atoms. The Morgan fingerprint density at radius 3 is 2.21 bits per heavy atom. The van der Waals surface area contributed by atoms with E-state index in [0.717, 1.165) is 19.3 Å². The number of aliphatic hydroxyl groups excluding tert-OH is 1. The van der Waals surface area contributed by atoms with Gasteiger partial charge >= 0.3 is 11.9 Å². The minimum absolute atomic E-state index is 0.212. The van der Waals surface area contributed by atoms with Crippen molar-refractivity contribution < 1.29 is 29.0 Å². The average Bonchev–Trinajstić information content (AvgIpc) is 2.53. The van der Waals surface area contributed by atoms with Crippen LogP contribution >= 0.6 is 0 Å². The van der Waals surface area contributed by atoms with E-state index in [9.17, 15) is 19.5 Å². The molecule has 1 amide bonds. The molecule has 0 saturated heterocycles. The molecule has 1 unspecified atom stereocenters. The Hall–Kier alpha value is -1.63. The first kappa shape index (κ1) is 22.4. The molecule has 0 aliphatic heterocycles. The first-order chi connectivity index (χ1) is 11.4. The largest absolute Gasteiger partial charge is 0.463 e. The van der Waals surface area contributed by atoms with Crippen LogP contribution in [-0.2, 0) is 23.9 Å². The van der Waals surface area contributed by atoms with Crippen molar-refractivity contribution in [1.82, 2.24) is 5.32 Å². The Balaban J connectivity index is 3.70. The van der Waals surface area contributed by atoms with Gasteiger partial charge in [-0.2, -0.15) is 0 Å². The van der Waals surface area contributed by atoms with Crippen LogP contribution in [0.15, 0.2) is 0 Å². The number of unbranched alkanes of at least 4 members (excludes halogenated alkanes) is 5. The number of amides is 1. The van der Waals surface area contributed by atoms with Gasteiger partial charge in [-0.05, 0) is 13.3 Å². The smallest absolute Gasteiger partial charge is 0.328 e. The number of nitrogens with one attached hydrogen (secondary N) is 1. The molecule has 7 nitrogen and oxygen atoms in total. The van der Waals surface area contributed by atoms with E-state index < -0.39 is 18.1 Å². The number of carbonyl (C=O) groups is 3. The predicted octanol–water partition coefficient (Wildman–Crippen LogP) is 1.71. The quantitative estimate of drug-likeness (QED) is 0.389. The van der Waals surface area contributed by atoms with Crippen molar-refractivity contribution in [2.45, 2.75) is 77.9 Å². The summed E-state index contributed by atoms with van der Waals surface area (Å²) in [5, 5.41) is 12.0. The lowest BCUT2D eigenvalue weighted by Gasteiger charge is -2.15. The third-order valence-corrected chi connectivity index (χ3v) is 3.36. The summed E-state index contributed by atoms with van der Waals surface area (Å²) in [6, 6.07) is -0.787. The Labute approximate surface area is 144 Å². The molecule has 0 spiro atoms. The molecule has 0 aromatic heterocycles. The lowest BCUT2D eigenvalue weighted by molar-refractivity contribution is -0.154. The van der Waals surface area contributed by atoms with Crippen LogP contribution in [0.3, 0.4) is 0 Å². The van der Waals surface area contributed by atoms with Crippen molar-refractivity contribution in [3.05, 3.63) is 0 Å². The van der Waals surface area contributed by atoms with E-state index in [1.165, 1.54) is 33.1 Å². The van der Waals surface area contributed by atoms with E-state index in [4.69, 9.17) is 9.47 Å². The van der Waals surface area contributed by atoms with Crippen LogP contribution < -0.4 is 5.32 Å². The van der Waals surface area contributed by atoms with Gasteiger partial charge in [0.1, 0.15) is 25.4 Å². The summed E-state index contributed by atoms with van der Waals surface area (Å²) in [6.45, 7) is 4.43. The number of rotatable bonds is 13. The van der Waals surface area contributed by atoms with Gasteiger partial charge < -0.3 is 19.9 Å². The fraction of sp³-hybridized carbons (Fsp3) is 0.824. The predicted molar refractivity (Wildman–Crippen MR) is 89.2 cm³/mol. The van der Waals surface area contributed by atoms with Crippen LogP contribution in [0.1, 0.15) is 65.7 Å². The highest BCUT2D eigenvalue weighted by Crippen LogP contribution is 2.07. The maximum absolute atomic E-state index is 11.5. The van der Waals surface area contributed by atoms with Gasteiger partial charge in [0.25, 0.3) is 0 Å². The fourth-order valence-electron chi connectivity index (χ4n) is 2.03. The van der Waals surface area contributed by atoms with Gasteiger partial charge in [0.2, 0.25) is 5.91 Å². The van der Waals surface area contributed by atoms with Crippen LogP contribution in [0.25, 0.3) is 0 Å². The van der Waals surface area contributed by atoms with Crippen LogP contribution in [0, 0.1) is 0 Å². The Morgan fingerprint density at radius 2 is 1.58 bits per heavy atom. The van der Waals surface area contributed by atoms with Crippen molar-refractivity contribution in [3.63, 3.8) is 0 Å². The number of esters is 2. The zero-order valence-electron chi connectivity index (χ0n) is 15.0. The normalized spacial score (nSPS) is 13.0. The van der Waals surface area contributed by atoms with E-state index in [1.54, 1.807) is 0 Å². The molecule has 0 aromatic rings. The summed E-state index contributed by atoms with van der Waals surface area (Å²) >= 11 is 0. The Kier molecular flexibility index (Phi) is 12.8. The van der Waals surface area contributed by atoms with E-state index >= 15 is 0 Å². The molecular formula is C17H31NO6. The summed E-state index contributed by atoms with van der Waals surface area (Å²) < 4.78 is 9.78.